The first-order chi connectivity index (χ1) is 11.1. The van der Waals surface area contributed by atoms with Gasteiger partial charge in [-0.05, 0) is 6.07 Å². The molecule has 0 aromatic carbocycles. The van der Waals surface area contributed by atoms with E-state index in [9.17, 15) is 9.59 Å². The molecule has 0 atom stereocenters. The number of aryl methyl sites for hydroxylation is 1. The highest BCUT2D eigenvalue weighted by atomic mass is 16.5. The molecule has 1 amide bonds. The topological polar surface area (TPSA) is 119 Å². The minimum Gasteiger partial charge on any atom is -0.480 e. The number of hydrogen-bond acceptors (Lipinski definition) is 7. The van der Waals surface area contributed by atoms with Crippen LogP contribution in [0.15, 0.2) is 27.5 Å². The Morgan fingerprint density at radius 3 is 2.91 bits per heavy atom. The standard InChI is InChI=1S/C14H17N3O6/c1-21-7-5-17(8-13(19)20)12(18)3-2-11-15-14(16-23-11)10-4-6-22-9-10/h4,6,9H,2-3,5,7-8H2,1H3,(H,19,20). The highest BCUT2D eigenvalue weighted by molar-refractivity contribution is 5.81. The van der Waals surface area contributed by atoms with Crippen LogP contribution in [0, 0.1) is 0 Å². The summed E-state index contributed by atoms with van der Waals surface area (Å²) < 4.78 is 14.9. The Hall–Kier alpha value is -2.68. The fourth-order valence-corrected chi connectivity index (χ4v) is 1.89. The minimum absolute atomic E-state index is 0.0734. The van der Waals surface area contributed by atoms with Crippen LogP contribution in [0.4, 0.5) is 0 Å². The van der Waals surface area contributed by atoms with E-state index in [1.54, 1.807) is 6.07 Å². The van der Waals surface area contributed by atoms with Crippen molar-refractivity contribution in [3.63, 3.8) is 0 Å². The molecule has 2 heterocycles. The quantitative estimate of drug-likeness (QED) is 0.720. The lowest BCUT2D eigenvalue weighted by molar-refractivity contribution is -0.144. The maximum absolute atomic E-state index is 12.1. The summed E-state index contributed by atoms with van der Waals surface area (Å²) in [4.78, 5) is 28.3. The molecule has 0 aliphatic heterocycles. The van der Waals surface area contributed by atoms with Crippen molar-refractivity contribution < 1.29 is 28.4 Å². The third-order valence-electron chi connectivity index (χ3n) is 3.04. The summed E-state index contributed by atoms with van der Waals surface area (Å²) in [6.07, 6.45) is 3.28. The van der Waals surface area contributed by atoms with Crippen molar-refractivity contribution in [2.75, 3.05) is 26.8 Å². The Kier molecular flexibility index (Phi) is 5.87. The number of rotatable bonds is 9. The van der Waals surface area contributed by atoms with Crippen LogP contribution in [0.25, 0.3) is 11.4 Å². The summed E-state index contributed by atoms with van der Waals surface area (Å²) in [5.74, 6) is -0.707. The van der Waals surface area contributed by atoms with Gasteiger partial charge in [0.2, 0.25) is 17.6 Å². The van der Waals surface area contributed by atoms with E-state index in [2.05, 4.69) is 10.1 Å². The van der Waals surface area contributed by atoms with Crippen LogP contribution in [-0.2, 0) is 20.7 Å². The van der Waals surface area contributed by atoms with Gasteiger partial charge < -0.3 is 23.7 Å². The first kappa shape index (κ1) is 16.7. The van der Waals surface area contributed by atoms with Gasteiger partial charge in [-0.3, -0.25) is 9.59 Å². The molecule has 124 valence electrons. The van der Waals surface area contributed by atoms with Crippen molar-refractivity contribution in [2.45, 2.75) is 12.8 Å². The molecule has 0 saturated carbocycles. The number of carbonyl (C=O) groups is 2. The molecule has 0 aliphatic carbocycles. The van der Waals surface area contributed by atoms with Gasteiger partial charge >= 0.3 is 5.97 Å². The van der Waals surface area contributed by atoms with Gasteiger partial charge in [-0.2, -0.15) is 4.98 Å². The third kappa shape index (κ3) is 4.92. The Balaban J connectivity index is 1.90. The third-order valence-corrected chi connectivity index (χ3v) is 3.04. The number of carbonyl (C=O) groups excluding carboxylic acids is 1. The van der Waals surface area contributed by atoms with Crippen molar-refractivity contribution in [1.29, 1.82) is 0 Å². The van der Waals surface area contributed by atoms with Crippen molar-refractivity contribution in [3.05, 3.63) is 24.5 Å². The van der Waals surface area contributed by atoms with E-state index in [-0.39, 0.29) is 38.4 Å². The van der Waals surface area contributed by atoms with Crippen LogP contribution in [0.1, 0.15) is 12.3 Å². The van der Waals surface area contributed by atoms with Gasteiger partial charge in [-0.1, -0.05) is 5.16 Å². The number of carboxylic acids is 1. The molecule has 0 unspecified atom stereocenters. The molecule has 0 fully saturated rings. The number of aromatic nitrogens is 2. The van der Waals surface area contributed by atoms with Gasteiger partial charge in [0.05, 0.1) is 18.4 Å². The highest BCUT2D eigenvalue weighted by Gasteiger charge is 2.18. The molecule has 0 radical (unpaired) electrons. The van der Waals surface area contributed by atoms with E-state index in [1.165, 1.54) is 24.5 Å². The number of amides is 1. The molecule has 1 N–H and O–H groups in total. The Morgan fingerprint density at radius 1 is 1.43 bits per heavy atom. The zero-order valence-corrected chi connectivity index (χ0v) is 12.6. The summed E-state index contributed by atoms with van der Waals surface area (Å²) in [6, 6.07) is 1.69. The SMILES string of the molecule is COCCN(CC(=O)O)C(=O)CCc1nc(-c2ccoc2)no1. The average Bonchev–Trinajstić information content (AvgIpc) is 3.19. The summed E-state index contributed by atoms with van der Waals surface area (Å²) >= 11 is 0. The van der Waals surface area contributed by atoms with E-state index in [4.69, 9.17) is 18.8 Å². The first-order valence-electron chi connectivity index (χ1n) is 6.94. The number of nitrogens with zero attached hydrogens (tertiary/aromatic N) is 3. The fourth-order valence-electron chi connectivity index (χ4n) is 1.89. The molecular formula is C14H17N3O6. The monoisotopic (exact) mass is 323 g/mol. The normalized spacial score (nSPS) is 10.7. The van der Waals surface area contributed by atoms with Gasteiger partial charge in [-0.25, -0.2) is 0 Å². The fraction of sp³-hybridized carbons (Fsp3) is 0.429. The summed E-state index contributed by atoms with van der Waals surface area (Å²) in [5, 5.41) is 12.6. The number of furan rings is 1. The van der Waals surface area contributed by atoms with Crippen LogP contribution >= 0.6 is 0 Å². The molecular weight excluding hydrogens is 306 g/mol. The Bertz CT molecular complexity index is 637. The second kappa shape index (κ2) is 8.08. The summed E-state index contributed by atoms with van der Waals surface area (Å²) in [7, 11) is 1.49. The largest absolute Gasteiger partial charge is 0.480 e. The molecule has 0 saturated heterocycles. The molecule has 9 heteroatoms. The van der Waals surface area contributed by atoms with Crippen LogP contribution in [0.5, 0.6) is 0 Å². The molecule has 2 aromatic heterocycles. The van der Waals surface area contributed by atoms with Crippen LogP contribution in [0.3, 0.4) is 0 Å². The lowest BCUT2D eigenvalue weighted by Crippen LogP contribution is -2.38. The first-order valence-corrected chi connectivity index (χ1v) is 6.94. The van der Waals surface area contributed by atoms with E-state index >= 15 is 0 Å². The van der Waals surface area contributed by atoms with Gasteiger partial charge in [0.25, 0.3) is 0 Å². The number of aliphatic carboxylic acids is 1. The average molecular weight is 323 g/mol. The van der Waals surface area contributed by atoms with Crippen molar-refractivity contribution >= 4 is 11.9 Å². The lowest BCUT2D eigenvalue weighted by Gasteiger charge is -2.19. The maximum atomic E-state index is 12.1. The van der Waals surface area contributed by atoms with Gasteiger partial charge in [0.15, 0.2) is 0 Å². The maximum Gasteiger partial charge on any atom is 0.323 e. The summed E-state index contributed by atoms with van der Waals surface area (Å²) in [6.45, 7) is 0.113. The van der Waals surface area contributed by atoms with E-state index in [1.807, 2.05) is 0 Å². The minimum atomic E-state index is -1.07. The Labute approximate surface area is 131 Å². The highest BCUT2D eigenvalue weighted by Crippen LogP contribution is 2.16. The molecule has 0 spiro atoms. The van der Waals surface area contributed by atoms with Gasteiger partial charge in [0, 0.05) is 26.5 Å². The second-order valence-electron chi connectivity index (χ2n) is 4.73. The van der Waals surface area contributed by atoms with Crippen molar-refractivity contribution in [3.8, 4) is 11.4 Å². The molecule has 23 heavy (non-hydrogen) atoms. The Morgan fingerprint density at radius 2 is 2.26 bits per heavy atom. The van der Waals surface area contributed by atoms with Crippen LogP contribution in [-0.4, -0.2) is 58.8 Å². The van der Waals surface area contributed by atoms with E-state index in [0.717, 1.165) is 0 Å². The molecule has 2 aromatic rings. The van der Waals surface area contributed by atoms with E-state index in [0.29, 0.717) is 17.3 Å². The molecule has 0 bridgehead atoms. The predicted molar refractivity (Wildman–Crippen MR) is 76.4 cm³/mol. The molecule has 9 nitrogen and oxygen atoms in total. The van der Waals surface area contributed by atoms with Crippen LogP contribution < -0.4 is 0 Å². The van der Waals surface area contributed by atoms with Gasteiger partial charge in [0.1, 0.15) is 12.8 Å². The van der Waals surface area contributed by atoms with Crippen molar-refractivity contribution in [2.24, 2.45) is 0 Å². The van der Waals surface area contributed by atoms with Crippen LogP contribution in [0.2, 0.25) is 0 Å². The predicted octanol–water partition coefficient (Wildman–Crippen LogP) is 0.822. The number of carboxylic acid groups (broad SMARTS) is 1. The zero-order valence-electron chi connectivity index (χ0n) is 12.6. The number of hydrogen-bond donors (Lipinski definition) is 1. The lowest BCUT2D eigenvalue weighted by atomic mass is 10.2. The molecule has 0 aliphatic rings. The van der Waals surface area contributed by atoms with E-state index < -0.39 is 5.97 Å². The smallest absolute Gasteiger partial charge is 0.323 e. The summed E-state index contributed by atoms with van der Waals surface area (Å²) in [5.41, 5.74) is 0.680. The van der Waals surface area contributed by atoms with Crippen molar-refractivity contribution in [1.82, 2.24) is 15.0 Å². The number of methoxy groups -OCH3 is 1. The van der Waals surface area contributed by atoms with Gasteiger partial charge in [-0.15, -0.1) is 0 Å². The second-order valence-corrected chi connectivity index (χ2v) is 4.73. The molecule has 2 rings (SSSR count). The number of ether oxygens (including phenoxy) is 1. The zero-order chi connectivity index (χ0) is 16.7.